The Morgan fingerprint density at radius 3 is 1.03 bits per heavy atom. The molecule has 2 heterocycles. The van der Waals surface area contributed by atoms with Crippen LogP contribution < -0.4 is 0 Å². The first-order valence-electron chi connectivity index (χ1n) is 14.9. The fraction of sp³-hybridized carbons (Fsp3) is 0.333. The normalized spacial score (nSPS) is 25.3. The van der Waals surface area contributed by atoms with Crippen molar-refractivity contribution < 1.29 is 0 Å². The van der Waals surface area contributed by atoms with Crippen LogP contribution in [0.25, 0.3) is 0 Å². The third-order valence-electron chi connectivity index (χ3n) is 8.69. The van der Waals surface area contributed by atoms with E-state index < -0.39 is 0 Å². The summed E-state index contributed by atoms with van der Waals surface area (Å²) in [4.78, 5) is 0. The Kier molecular flexibility index (Phi) is 8.91. The lowest BCUT2D eigenvalue weighted by Gasteiger charge is -2.45. The van der Waals surface area contributed by atoms with Crippen LogP contribution in [0.1, 0.15) is 90.3 Å². The SMILES string of the molecule is CCCCN(P1C(c2ccccc2)CC[C@H]1c1ccccc1)P1[C@H](c2ccccc2)CC[C@H]1c1ccccc1. The molecule has 5 atom stereocenters. The summed E-state index contributed by atoms with van der Waals surface area (Å²) in [5.74, 6) is 0. The highest BCUT2D eigenvalue weighted by atomic mass is 31.2. The minimum atomic E-state index is -0.382. The molecule has 0 aliphatic carbocycles. The Hall–Kier alpha value is -2.30. The molecular formula is C36H41NP2. The molecular weight excluding hydrogens is 508 g/mol. The maximum atomic E-state index is 3.18. The van der Waals surface area contributed by atoms with Gasteiger partial charge in [0, 0.05) is 29.2 Å². The van der Waals surface area contributed by atoms with Crippen LogP contribution in [0, 0.1) is 0 Å². The van der Waals surface area contributed by atoms with Gasteiger partial charge >= 0.3 is 0 Å². The summed E-state index contributed by atoms with van der Waals surface area (Å²) in [5.41, 5.74) is 8.79. The van der Waals surface area contributed by atoms with Gasteiger partial charge in [0.25, 0.3) is 0 Å². The van der Waals surface area contributed by atoms with Crippen LogP contribution in [0.5, 0.6) is 0 Å². The predicted octanol–water partition coefficient (Wildman–Crippen LogP) is 11.4. The molecule has 6 rings (SSSR count). The summed E-state index contributed by atoms with van der Waals surface area (Å²) in [6, 6.07) is 46.1. The zero-order valence-electron chi connectivity index (χ0n) is 23.1. The highest BCUT2D eigenvalue weighted by Crippen LogP contribution is 2.83. The zero-order valence-corrected chi connectivity index (χ0v) is 24.9. The lowest BCUT2D eigenvalue weighted by atomic mass is 10.0. The smallest absolute Gasteiger partial charge is 0.0183 e. The zero-order chi connectivity index (χ0) is 26.4. The molecule has 2 aliphatic rings. The number of hydrogen-bond donors (Lipinski definition) is 0. The Labute approximate surface area is 238 Å². The molecule has 0 saturated carbocycles. The molecule has 2 fully saturated rings. The second-order valence-electron chi connectivity index (χ2n) is 11.1. The van der Waals surface area contributed by atoms with Gasteiger partial charge in [0.15, 0.2) is 0 Å². The fourth-order valence-corrected chi connectivity index (χ4v) is 15.8. The van der Waals surface area contributed by atoms with Gasteiger partial charge < -0.3 is 0 Å². The third-order valence-corrected chi connectivity index (χ3v) is 16.2. The van der Waals surface area contributed by atoms with Crippen molar-refractivity contribution in [2.75, 3.05) is 6.54 Å². The molecule has 0 spiro atoms. The summed E-state index contributed by atoms with van der Waals surface area (Å²) >= 11 is 0. The van der Waals surface area contributed by atoms with Crippen LogP contribution in [0.2, 0.25) is 0 Å². The van der Waals surface area contributed by atoms with Gasteiger partial charge in [-0.05, 0) is 70.5 Å². The van der Waals surface area contributed by atoms with Crippen molar-refractivity contribution in [3.05, 3.63) is 144 Å². The van der Waals surface area contributed by atoms with Crippen LogP contribution in [0.15, 0.2) is 121 Å². The van der Waals surface area contributed by atoms with Crippen LogP contribution in [-0.4, -0.2) is 11.0 Å². The van der Waals surface area contributed by atoms with Crippen LogP contribution in [-0.2, 0) is 0 Å². The lowest BCUT2D eigenvalue weighted by Crippen LogP contribution is -2.20. The van der Waals surface area contributed by atoms with Gasteiger partial charge in [-0.2, -0.15) is 0 Å². The van der Waals surface area contributed by atoms with Crippen molar-refractivity contribution in [3.63, 3.8) is 0 Å². The Morgan fingerprint density at radius 1 is 0.487 bits per heavy atom. The summed E-state index contributed by atoms with van der Waals surface area (Å²) in [6.45, 7) is 3.60. The maximum Gasteiger partial charge on any atom is 0.0183 e. The molecule has 1 nitrogen and oxygen atoms in total. The average Bonchev–Trinajstić information content (AvgIpc) is 3.65. The third kappa shape index (κ3) is 5.79. The number of nitrogens with zero attached hydrogens (tertiary/aromatic N) is 1. The van der Waals surface area contributed by atoms with Crippen molar-refractivity contribution in [3.8, 4) is 0 Å². The monoisotopic (exact) mass is 549 g/mol. The summed E-state index contributed by atoms with van der Waals surface area (Å²) < 4.78 is 3.18. The maximum absolute atomic E-state index is 3.18. The molecule has 2 aliphatic heterocycles. The van der Waals surface area contributed by atoms with Crippen molar-refractivity contribution >= 4 is 16.1 Å². The van der Waals surface area contributed by atoms with Gasteiger partial charge in [-0.1, -0.05) is 135 Å². The van der Waals surface area contributed by atoms with E-state index in [0.717, 1.165) is 0 Å². The fourth-order valence-electron chi connectivity index (χ4n) is 6.87. The van der Waals surface area contributed by atoms with Gasteiger partial charge in [0.05, 0.1) is 0 Å². The topological polar surface area (TPSA) is 3.24 Å². The second-order valence-corrected chi connectivity index (χ2v) is 16.4. The molecule has 4 aromatic rings. The van der Waals surface area contributed by atoms with Gasteiger partial charge in [-0.25, -0.2) is 0 Å². The van der Waals surface area contributed by atoms with Crippen LogP contribution in [0.3, 0.4) is 0 Å². The molecule has 0 bridgehead atoms. The van der Waals surface area contributed by atoms with E-state index in [2.05, 4.69) is 133 Å². The first-order valence-corrected chi connectivity index (χ1v) is 17.8. The van der Waals surface area contributed by atoms with Gasteiger partial charge in [0.2, 0.25) is 0 Å². The summed E-state index contributed by atoms with van der Waals surface area (Å²) in [6.07, 6.45) is 7.73. The molecule has 39 heavy (non-hydrogen) atoms. The Morgan fingerprint density at radius 2 is 0.769 bits per heavy atom. The van der Waals surface area contributed by atoms with Gasteiger partial charge in [-0.3, -0.25) is 4.44 Å². The van der Waals surface area contributed by atoms with Gasteiger partial charge in [-0.15, -0.1) is 0 Å². The highest BCUT2D eigenvalue weighted by Gasteiger charge is 2.49. The van der Waals surface area contributed by atoms with E-state index in [4.69, 9.17) is 0 Å². The van der Waals surface area contributed by atoms with Crippen molar-refractivity contribution in [2.45, 2.75) is 68.1 Å². The standard InChI is InChI=1S/C36H41NP2/c1-2-3-28-37(38-33(29-16-8-4-9-17-29)24-25-34(38)30-18-10-5-11-19-30)39-35(31-20-12-6-13-21-31)26-27-36(39)32-22-14-7-15-23-32/h4-23,33-36H,2-3,24-28H2,1H3/t33-,34-,35-,36?,39?/m0/s1. The van der Waals surface area contributed by atoms with Crippen molar-refractivity contribution in [1.29, 1.82) is 0 Å². The molecule has 200 valence electrons. The van der Waals surface area contributed by atoms with E-state index >= 15 is 0 Å². The number of unbranched alkanes of at least 4 members (excludes halogenated alkanes) is 1. The number of rotatable bonds is 9. The summed E-state index contributed by atoms with van der Waals surface area (Å²) in [5, 5.41) is 0. The van der Waals surface area contributed by atoms with E-state index in [0.29, 0.717) is 22.6 Å². The number of hydrogen-bond acceptors (Lipinski definition) is 1. The molecule has 0 aromatic heterocycles. The van der Waals surface area contributed by atoms with Crippen LogP contribution >= 0.6 is 16.1 Å². The molecule has 0 amide bonds. The largest absolute Gasteiger partial charge is 0.258 e. The van der Waals surface area contributed by atoms with Crippen molar-refractivity contribution in [1.82, 2.24) is 4.44 Å². The summed E-state index contributed by atoms with van der Waals surface area (Å²) in [7, 11) is -0.765. The lowest BCUT2D eigenvalue weighted by molar-refractivity contribution is 0.618. The van der Waals surface area contributed by atoms with E-state index in [1.807, 2.05) is 0 Å². The average molecular weight is 550 g/mol. The second kappa shape index (κ2) is 12.9. The van der Waals surface area contributed by atoms with Crippen molar-refractivity contribution in [2.24, 2.45) is 0 Å². The number of benzene rings is 4. The van der Waals surface area contributed by atoms with E-state index in [1.54, 1.807) is 22.3 Å². The van der Waals surface area contributed by atoms with Crippen LogP contribution in [0.4, 0.5) is 0 Å². The van der Waals surface area contributed by atoms with E-state index in [1.165, 1.54) is 45.1 Å². The molecule has 2 unspecified atom stereocenters. The molecule has 0 radical (unpaired) electrons. The molecule has 3 heteroatoms. The quantitative estimate of drug-likeness (QED) is 0.188. The first-order chi connectivity index (χ1) is 19.3. The van der Waals surface area contributed by atoms with E-state index in [9.17, 15) is 0 Å². The molecule has 2 saturated heterocycles. The molecule has 0 N–H and O–H groups in total. The first kappa shape index (κ1) is 26.9. The minimum Gasteiger partial charge on any atom is -0.258 e. The Bertz CT molecular complexity index is 1090. The van der Waals surface area contributed by atoms with E-state index in [-0.39, 0.29) is 16.1 Å². The minimum absolute atomic E-state index is 0.382. The Balaban J connectivity index is 1.48. The highest BCUT2D eigenvalue weighted by molar-refractivity contribution is 7.71. The predicted molar refractivity (Wildman–Crippen MR) is 171 cm³/mol. The molecule has 4 aromatic carbocycles. The van der Waals surface area contributed by atoms with Gasteiger partial charge in [0.1, 0.15) is 0 Å².